The molecule has 0 radical (unpaired) electrons. The second-order valence-corrected chi connectivity index (χ2v) is 5.59. The van der Waals surface area contributed by atoms with Crippen LogP contribution in [-0.4, -0.2) is 18.6 Å². The lowest BCUT2D eigenvalue weighted by atomic mass is 9.84. The van der Waals surface area contributed by atoms with Crippen molar-refractivity contribution in [3.8, 4) is 0 Å². The first-order valence-electron chi connectivity index (χ1n) is 7.75. The van der Waals surface area contributed by atoms with E-state index in [1.54, 1.807) is 0 Å². The fourth-order valence-electron chi connectivity index (χ4n) is 3.09. The van der Waals surface area contributed by atoms with Gasteiger partial charge in [-0.15, -0.1) is 0 Å². The van der Waals surface area contributed by atoms with Gasteiger partial charge < -0.3 is 10.5 Å². The minimum absolute atomic E-state index is 0.0900. The predicted molar refractivity (Wildman–Crippen MR) is 80.7 cm³/mol. The van der Waals surface area contributed by atoms with E-state index in [1.165, 1.54) is 19.3 Å². The molecular formula is C17H25NO2. The highest BCUT2D eigenvalue weighted by Gasteiger charge is 2.27. The fourth-order valence-corrected chi connectivity index (χ4v) is 3.09. The number of carbonyl (C=O) groups is 1. The van der Waals surface area contributed by atoms with Crippen molar-refractivity contribution < 1.29 is 9.53 Å². The maximum Gasteiger partial charge on any atom is 0.338 e. The zero-order chi connectivity index (χ0) is 14.4. The highest BCUT2D eigenvalue weighted by Crippen LogP contribution is 2.30. The third kappa shape index (κ3) is 3.60. The number of ether oxygens (including phenoxy) is 1. The molecule has 0 heterocycles. The van der Waals surface area contributed by atoms with Gasteiger partial charge in [0, 0.05) is 0 Å². The molecule has 0 aromatic heterocycles. The van der Waals surface area contributed by atoms with E-state index in [1.807, 2.05) is 24.3 Å². The quantitative estimate of drug-likeness (QED) is 0.839. The molecule has 1 aromatic carbocycles. The third-order valence-corrected chi connectivity index (χ3v) is 4.27. The molecular weight excluding hydrogens is 250 g/mol. The van der Waals surface area contributed by atoms with E-state index < -0.39 is 0 Å². The molecule has 2 unspecified atom stereocenters. The van der Waals surface area contributed by atoms with Crippen LogP contribution < -0.4 is 5.73 Å². The minimum Gasteiger partial charge on any atom is -0.458 e. The van der Waals surface area contributed by atoms with E-state index in [4.69, 9.17) is 10.5 Å². The lowest BCUT2D eigenvalue weighted by Crippen LogP contribution is -2.30. The van der Waals surface area contributed by atoms with Crippen LogP contribution in [0.1, 0.15) is 54.9 Å². The molecule has 0 aliphatic heterocycles. The van der Waals surface area contributed by atoms with Crippen LogP contribution in [0, 0.1) is 5.92 Å². The van der Waals surface area contributed by atoms with Gasteiger partial charge in [0.05, 0.1) is 5.56 Å². The van der Waals surface area contributed by atoms with Crippen molar-refractivity contribution in [3.05, 3.63) is 35.4 Å². The van der Waals surface area contributed by atoms with Crippen molar-refractivity contribution in [2.45, 2.75) is 51.6 Å². The Morgan fingerprint density at radius 3 is 2.80 bits per heavy atom. The Kier molecular flexibility index (Phi) is 5.60. The number of esters is 1. The molecule has 2 rings (SSSR count). The van der Waals surface area contributed by atoms with Crippen LogP contribution in [0.15, 0.2) is 24.3 Å². The summed E-state index contributed by atoms with van der Waals surface area (Å²) in [6.45, 7) is 2.73. The van der Waals surface area contributed by atoms with Crippen molar-refractivity contribution in [2.24, 2.45) is 11.7 Å². The van der Waals surface area contributed by atoms with E-state index in [2.05, 4.69) is 6.92 Å². The second kappa shape index (κ2) is 7.44. The number of rotatable bonds is 5. The van der Waals surface area contributed by atoms with Gasteiger partial charge in [-0.05, 0) is 56.2 Å². The Hall–Kier alpha value is -1.35. The number of carbonyl (C=O) groups excluding carboxylic acids is 1. The van der Waals surface area contributed by atoms with Gasteiger partial charge in [0.15, 0.2) is 0 Å². The predicted octanol–water partition coefficient (Wildman–Crippen LogP) is 3.31. The molecule has 1 aromatic rings. The standard InChI is InChI=1S/C17H25NO2/c1-2-13-7-4-6-10-16(13)20-17(19)15-9-5-3-8-14(15)11-12-18/h3,5,8-9,13,16H,2,4,6-7,10-12,18H2,1H3. The van der Waals surface area contributed by atoms with Crippen LogP contribution in [0.25, 0.3) is 0 Å². The number of hydrogen-bond donors (Lipinski definition) is 1. The average molecular weight is 275 g/mol. The molecule has 0 spiro atoms. The molecule has 0 amide bonds. The van der Waals surface area contributed by atoms with Crippen molar-refractivity contribution >= 4 is 5.97 Å². The Balaban J connectivity index is 2.07. The zero-order valence-electron chi connectivity index (χ0n) is 12.3. The highest BCUT2D eigenvalue weighted by atomic mass is 16.5. The van der Waals surface area contributed by atoms with Gasteiger partial charge in [-0.1, -0.05) is 31.5 Å². The van der Waals surface area contributed by atoms with Gasteiger partial charge in [-0.2, -0.15) is 0 Å². The van der Waals surface area contributed by atoms with Gasteiger partial charge in [-0.3, -0.25) is 0 Å². The first-order valence-corrected chi connectivity index (χ1v) is 7.75. The maximum atomic E-state index is 12.4. The summed E-state index contributed by atoms with van der Waals surface area (Å²) in [5.74, 6) is 0.341. The first-order chi connectivity index (χ1) is 9.76. The van der Waals surface area contributed by atoms with E-state index >= 15 is 0 Å². The Bertz CT molecular complexity index is 444. The SMILES string of the molecule is CCC1CCCCC1OC(=O)c1ccccc1CCN. The van der Waals surface area contributed by atoms with Crippen LogP contribution in [0.2, 0.25) is 0 Å². The fraction of sp³-hybridized carbons (Fsp3) is 0.588. The summed E-state index contributed by atoms with van der Waals surface area (Å²) < 4.78 is 5.79. The highest BCUT2D eigenvalue weighted by molar-refractivity contribution is 5.91. The second-order valence-electron chi connectivity index (χ2n) is 5.59. The van der Waals surface area contributed by atoms with Crippen LogP contribution in [0.3, 0.4) is 0 Å². The van der Waals surface area contributed by atoms with Crippen LogP contribution in [-0.2, 0) is 11.2 Å². The van der Waals surface area contributed by atoms with Crippen LogP contribution >= 0.6 is 0 Å². The van der Waals surface area contributed by atoms with Gasteiger partial charge >= 0.3 is 5.97 Å². The summed E-state index contributed by atoms with van der Waals surface area (Å²) in [5, 5.41) is 0. The monoisotopic (exact) mass is 275 g/mol. The molecule has 20 heavy (non-hydrogen) atoms. The molecule has 3 nitrogen and oxygen atoms in total. The lowest BCUT2D eigenvalue weighted by Gasteiger charge is -2.30. The molecule has 1 fully saturated rings. The molecule has 0 bridgehead atoms. The van der Waals surface area contributed by atoms with Crippen molar-refractivity contribution in [1.29, 1.82) is 0 Å². The largest absolute Gasteiger partial charge is 0.458 e. The summed E-state index contributed by atoms with van der Waals surface area (Å²) >= 11 is 0. The van der Waals surface area contributed by atoms with Gasteiger partial charge in [-0.25, -0.2) is 4.79 Å². The van der Waals surface area contributed by atoms with Crippen LogP contribution in [0.4, 0.5) is 0 Å². The smallest absolute Gasteiger partial charge is 0.338 e. The Morgan fingerprint density at radius 2 is 2.05 bits per heavy atom. The molecule has 1 aliphatic carbocycles. The summed E-state index contributed by atoms with van der Waals surface area (Å²) in [4.78, 5) is 12.4. The summed E-state index contributed by atoms with van der Waals surface area (Å²) in [7, 11) is 0. The van der Waals surface area contributed by atoms with Crippen molar-refractivity contribution in [2.75, 3.05) is 6.54 Å². The Morgan fingerprint density at radius 1 is 1.30 bits per heavy atom. The molecule has 2 atom stereocenters. The van der Waals surface area contributed by atoms with Gasteiger partial charge in [0.25, 0.3) is 0 Å². The molecule has 0 saturated heterocycles. The number of benzene rings is 1. The average Bonchev–Trinajstić information content (AvgIpc) is 2.48. The number of hydrogen-bond acceptors (Lipinski definition) is 3. The van der Waals surface area contributed by atoms with Crippen molar-refractivity contribution in [1.82, 2.24) is 0 Å². The minimum atomic E-state index is -0.181. The molecule has 2 N–H and O–H groups in total. The van der Waals surface area contributed by atoms with E-state index in [0.717, 1.165) is 18.4 Å². The molecule has 1 aliphatic rings. The maximum absolute atomic E-state index is 12.4. The summed E-state index contributed by atoms with van der Waals surface area (Å²) in [5.41, 5.74) is 7.27. The van der Waals surface area contributed by atoms with E-state index in [0.29, 0.717) is 24.4 Å². The van der Waals surface area contributed by atoms with Crippen molar-refractivity contribution in [3.63, 3.8) is 0 Å². The van der Waals surface area contributed by atoms with Gasteiger partial charge in [0.2, 0.25) is 0 Å². The number of nitrogens with two attached hydrogens (primary N) is 1. The normalized spacial score (nSPS) is 22.5. The zero-order valence-corrected chi connectivity index (χ0v) is 12.3. The lowest BCUT2D eigenvalue weighted by molar-refractivity contribution is 0.000608. The van der Waals surface area contributed by atoms with E-state index in [-0.39, 0.29) is 12.1 Å². The topological polar surface area (TPSA) is 52.3 Å². The summed E-state index contributed by atoms with van der Waals surface area (Å²) in [6.07, 6.45) is 6.50. The Labute approximate surface area is 121 Å². The third-order valence-electron chi connectivity index (χ3n) is 4.27. The molecule has 110 valence electrons. The molecule has 3 heteroatoms. The molecule has 1 saturated carbocycles. The summed E-state index contributed by atoms with van der Waals surface area (Å²) in [6, 6.07) is 7.63. The van der Waals surface area contributed by atoms with E-state index in [9.17, 15) is 4.79 Å². The first kappa shape index (κ1) is 15.0. The van der Waals surface area contributed by atoms with Crippen LogP contribution in [0.5, 0.6) is 0 Å². The van der Waals surface area contributed by atoms with Gasteiger partial charge in [0.1, 0.15) is 6.10 Å².